The van der Waals surface area contributed by atoms with Gasteiger partial charge < -0.3 is 25.4 Å². The van der Waals surface area contributed by atoms with Crippen LogP contribution in [-0.2, 0) is 16.0 Å². The fourth-order valence-corrected chi connectivity index (χ4v) is 2.45. The molecule has 1 aliphatic heterocycles. The van der Waals surface area contributed by atoms with Crippen molar-refractivity contribution in [3.8, 4) is 11.5 Å². The van der Waals surface area contributed by atoms with E-state index < -0.39 is 6.04 Å². The highest BCUT2D eigenvalue weighted by atomic mass is 16.5. The van der Waals surface area contributed by atoms with Gasteiger partial charge in [-0.25, -0.2) is 0 Å². The molecule has 1 aromatic rings. The van der Waals surface area contributed by atoms with Gasteiger partial charge in [-0.1, -0.05) is 6.07 Å². The molecule has 7 heteroatoms. The van der Waals surface area contributed by atoms with Crippen LogP contribution in [0.4, 0.5) is 0 Å². The van der Waals surface area contributed by atoms with Crippen LogP contribution in [0.3, 0.4) is 0 Å². The minimum absolute atomic E-state index is 0.119. The summed E-state index contributed by atoms with van der Waals surface area (Å²) in [5.74, 6) is 1.08. The molecule has 0 aliphatic carbocycles. The molecule has 3 N–H and O–H groups in total. The Kier molecular flexibility index (Phi) is 6.22. The van der Waals surface area contributed by atoms with Crippen LogP contribution in [0.5, 0.6) is 11.5 Å². The molecule has 1 aromatic carbocycles. The van der Waals surface area contributed by atoms with Crippen molar-refractivity contribution in [3.63, 3.8) is 0 Å². The summed E-state index contributed by atoms with van der Waals surface area (Å²) >= 11 is 0. The lowest BCUT2D eigenvalue weighted by molar-refractivity contribution is -0.129. The Morgan fingerprint density at radius 3 is 2.74 bits per heavy atom. The third-order valence-corrected chi connectivity index (χ3v) is 3.70. The standard InChI is InChI=1S/C16H23N3O4/c1-22-13-4-3-11(9-14(13)23-2)5-6-18-15(20)10-12-16(21)19-8-7-17-12/h3-4,9,12,17H,5-8,10H2,1-2H3,(H,18,20)(H,19,21)/t12-/m1/s1. The predicted octanol–water partition coefficient (Wildman–Crippen LogP) is -0.159. The fourth-order valence-electron chi connectivity index (χ4n) is 2.45. The second kappa shape index (κ2) is 8.38. The molecular weight excluding hydrogens is 298 g/mol. The van der Waals surface area contributed by atoms with E-state index >= 15 is 0 Å². The normalized spacial score (nSPS) is 17.3. The Labute approximate surface area is 135 Å². The second-order valence-electron chi connectivity index (χ2n) is 5.29. The summed E-state index contributed by atoms with van der Waals surface area (Å²) in [5.41, 5.74) is 1.04. The zero-order valence-electron chi connectivity index (χ0n) is 13.5. The minimum Gasteiger partial charge on any atom is -0.493 e. The van der Waals surface area contributed by atoms with E-state index in [1.807, 2.05) is 18.2 Å². The summed E-state index contributed by atoms with van der Waals surface area (Å²) in [7, 11) is 3.18. The van der Waals surface area contributed by atoms with Crippen molar-refractivity contribution in [2.45, 2.75) is 18.9 Å². The van der Waals surface area contributed by atoms with E-state index in [1.54, 1.807) is 14.2 Å². The second-order valence-corrected chi connectivity index (χ2v) is 5.29. The molecule has 23 heavy (non-hydrogen) atoms. The van der Waals surface area contributed by atoms with E-state index in [4.69, 9.17) is 9.47 Å². The maximum Gasteiger partial charge on any atom is 0.237 e. The quantitative estimate of drug-likeness (QED) is 0.649. The average Bonchev–Trinajstić information content (AvgIpc) is 2.56. The van der Waals surface area contributed by atoms with Crippen molar-refractivity contribution in [2.24, 2.45) is 0 Å². The molecule has 0 unspecified atom stereocenters. The summed E-state index contributed by atoms with van der Waals surface area (Å²) in [6, 6.07) is 5.22. The van der Waals surface area contributed by atoms with Crippen LogP contribution in [0.25, 0.3) is 0 Å². The highest BCUT2D eigenvalue weighted by Crippen LogP contribution is 2.27. The molecule has 7 nitrogen and oxygen atoms in total. The number of nitrogens with one attached hydrogen (secondary N) is 3. The van der Waals surface area contributed by atoms with Crippen LogP contribution in [0.1, 0.15) is 12.0 Å². The number of hydrogen-bond acceptors (Lipinski definition) is 5. The molecule has 2 amide bonds. The van der Waals surface area contributed by atoms with E-state index in [-0.39, 0.29) is 18.2 Å². The summed E-state index contributed by atoms with van der Waals surface area (Å²) in [6.45, 7) is 1.80. The van der Waals surface area contributed by atoms with Gasteiger partial charge in [0.1, 0.15) is 0 Å². The molecule has 0 spiro atoms. The Balaban J connectivity index is 1.78. The van der Waals surface area contributed by atoms with Crippen LogP contribution >= 0.6 is 0 Å². The third-order valence-electron chi connectivity index (χ3n) is 3.70. The number of rotatable bonds is 7. The molecule has 2 rings (SSSR count). The molecule has 126 valence electrons. The smallest absolute Gasteiger partial charge is 0.237 e. The van der Waals surface area contributed by atoms with Gasteiger partial charge in [0, 0.05) is 19.6 Å². The van der Waals surface area contributed by atoms with Gasteiger partial charge in [-0.15, -0.1) is 0 Å². The van der Waals surface area contributed by atoms with Crippen molar-refractivity contribution in [1.82, 2.24) is 16.0 Å². The fraction of sp³-hybridized carbons (Fsp3) is 0.500. The highest BCUT2D eigenvalue weighted by molar-refractivity contribution is 5.88. The van der Waals surface area contributed by atoms with Crippen LogP contribution in [0.15, 0.2) is 18.2 Å². The van der Waals surface area contributed by atoms with E-state index in [0.717, 1.165) is 5.56 Å². The van der Waals surface area contributed by atoms with Crippen molar-refractivity contribution >= 4 is 11.8 Å². The number of amides is 2. The predicted molar refractivity (Wildman–Crippen MR) is 85.7 cm³/mol. The van der Waals surface area contributed by atoms with Gasteiger partial charge in [0.25, 0.3) is 0 Å². The first-order valence-electron chi connectivity index (χ1n) is 7.62. The van der Waals surface area contributed by atoms with Crippen molar-refractivity contribution in [1.29, 1.82) is 0 Å². The maximum absolute atomic E-state index is 11.9. The van der Waals surface area contributed by atoms with Gasteiger partial charge >= 0.3 is 0 Å². The monoisotopic (exact) mass is 321 g/mol. The largest absolute Gasteiger partial charge is 0.493 e. The Bertz CT molecular complexity index is 562. The maximum atomic E-state index is 11.9. The molecule has 0 aromatic heterocycles. The van der Waals surface area contributed by atoms with Gasteiger partial charge in [0.2, 0.25) is 11.8 Å². The Morgan fingerprint density at radius 1 is 1.26 bits per heavy atom. The number of carbonyl (C=O) groups is 2. The van der Waals surface area contributed by atoms with Gasteiger partial charge in [0.05, 0.1) is 26.7 Å². The summed E-state index contributed by atoms with van der Waals surface area (Å²) < 4.78 is 10.4. The number of carbonyl (C=O) groups excluding carboxylic acids is 2. The highest BCUT2D eigenvalue weighted by Gasteiger charge is 2.23. The number of benzene rings is 1. The van der Waals surface area contributed by atoms with Gasteiger partial charge in [-0.05, 0) is 24.1 Å². The van der Waals surface area contributed by atoms with Crippen molar-refractivity contribution in [3.05, 3.63) is 23.8 Å². The van der Waals surface area contributed by atoms with E-state index in [1.165, 1.54) is 0 Å². The summed E-state index contributed by atoms with van der Waals surface area (Å²) in [4.78, 5) is 23.5. The summed E-state index contributed by atoms with van der Waals surface area (Å²) in [6.07, 6.45) is 0.828. The van der Waals surface area contributed by atoms with E-state index in [9.17, 15) is 9.59 Å². The summed E-state index contributed by atoms with van der Waals surface area (Å²) in [5, 5.41) is 8.60. The van der Waals surface area contributed by atoms with Crippen LogP contribution < -0.4 is 25.4 Å². The van der Waals surface area contributed by atoms with Gasteiger partial charge in [0.15, 0.2) is 11.5 Å². The number of hydrogen-bond donors (Lipinski definition) is 3. The van der Waals surface area contributed by atoms with E-state index in [2.05, 4.69) is 16.0 Å². The van der Waals surface area contributed by atoms with Crippen LogP contribution in [-0.4, -0.2) is 51.7 Å². The zero-order valence-corrected chi connectivity index (χ0v) is 13.5. The number of ether oxygens (including phenoxy) is 2. The van der Waals surface area contributed by atoms with Gasteiger partial charge in [-0.2, -0.15) is 0 Å². The first kappa shape index (κ1) is 17.1. The van der Waals surface area contributed by atoms with Crippen LogP contribution in [0, 0.1) is 0 Å². The number of piperazine rings is 1. The average molecular weight is 321 g/mol. The molecule has 1 atom stereocenters. The van der Waals surface area contributed by atoms with Crippen molar-refractivity contribution in [2.75, 3.05) is 33.9 Å². The molecule has 0 radical (unpaired) electrons. The van der Waals surface area contributed by atoms with Crippen LogP contribution in [0.2, 0.25) is 0 Å². The first-order chi connectivity index (χ1) is 11.1. The lowest BCUT2D eigenvalue weighted by atomic mass is 10.1. The molecule has 1 fully saturated rings. The molecular formula is C16H23N3O4. The third kappa shape index (κ3) is 4.85. The van der Waals surface area contributed by atoms with Gasteiger partial charge in [-0.3, -0.25) is 9.59 Å². The first-order valence-corrected chi connectivity index (χ1v) is 7.62. The Hall–Kier alpha value is -2.28. The SMILES string of the molecule is COc1ccc(CCNC(=O)C[C@H]2NCCNC2=O)cc1OC. The molecule has 0 bridgehead atoms. The van der Waals surface area contributed by atoms with E-state index in [0.29, 0.717) is 37.6 Å². The molecule has 1 aliphatic rings. The topological polar surface area (TPSA) is 88.7 Å². The molecule has 1 saturated heterocycles. The van der Waals surface area contributed by atoms with Crippen molar-refractivity contribution < 1.29 is 19.1 Å². The minimum atomic E-state index is -0.440. The number of methoxy groups -OCH3 is 2. The lowest BCUT2D eigenvalue weighted by Crippen LogP contribution is -2.54. The molecule has 1 heterocycles. The molecule has 0 saturated carbocycles. The lowest BCUT2D eigenvalue weighted by Gasteiger charge is -2.22. The Morgan fingerprint density at radius 2 is 2.04 bits per heavy atom. The zero-order chi connectivity index (χ0) is 16.7.